The van der Waals surface area contributed by atoms with Crippen LogP contribution in [0.1, 0.15) is 5.56 Å². The van der Waals surface area contributed by atoms with Crippen LogP contribution in [-0.4, -0.2) is 21.9 Å². The van der Waals surface area contributed by atoms with E-state index in [-0.39, 0.29) is 6.01 Å². The minimum absolute atomic E-state index is 0.192. The predicted octanol–water partition coefficient (Wildman–Crippen LogP) is 1.49. The van der Waals surface area contributed by atoms with Crippen molar-refractivity contribution in [2.24, 2.45) is 7.05 Å². The van der Waals surface area contributed by atoms with E-state index < -0.39 is 0 Å². The average Bonchev–Trinajstić information content (AvgIpc) is 2.74. The summed E-state index contributed by atoms with van der Waals surface area (Å²) >= 11 is 0. The molecular weight excluding hydrogens is 220 g/mol. The second-order valence-electron chi connectivity index (χ2n) is 3.28. The zero-order valence-electron chi connectivity index (χ0n) is 9.41. The Labute approximate surface area is 98.0 Å². The van der Waals surface area contributed by atoms with Crippen LogP contribution in [-0.2, 0) is 7.05 Å². The van der Waals surface area contributed by atoms with Crippen molar-refractivity contribution in [2.75, 3.05) is 7.11 Å². The van der Waals surface area contributed by atoms with Crippen molar-refractivity contribution in [1.29, 1.82) is 5.26 Å². The first kappa shape index (κ1) is 11.0. The molecule has 0 fully saturated rings. The number of nitrogens with zero attached hydrogens (tertiary/aromatic N) is 4. The highest BCUT2D eigenvalue weighted by Crippen LogP contribution is 2.27. The summed E-state index contributed by atoms with van der Waals surface area (Å²) in [5, 5.41) is 12.9. The van der Waals surface area contributed by atoms with Gasteiger partial charge in [0.05, 0.1) is 12.7 Å². The van der Waals surface area contributed by atoms with Crippen LogP contribution in [0.4, 0.5) is 0 Å². The number of hydrogen-bond acceptors (Lipinski definition) is 5. The van der Waals surface area contributed by atoms with Gasteiger partial charge in [0.2, 0.25) is 0 Å². The minimum atomic E-state index is 0.192. The zero-order valence-corrected chi connectivity index (χ0v) is 9.41. The van der Waals surface area contributed by atoms with Gasteiger partial charge in [-0.25, -0.2) is 0 Å². The van der Waals surface area contributed by atoms with Crippen LogP contribution in [0.5, 0.6) is 17.5 Å². The predicted molar refractivity (Wildman–Crippen MR) is 58.8 cm³/mol. The van der Waals surface area contributed by atoms with Gasteiger partial charge in [-0.2, -0.15) is 10.2 Å². The summed E-state index contributed by atoms with van der Waals surface area (Å²) in [4.78, 5) is 3.92. The van der Waals surface area contributed by atoms with Crippen molar-refractivity contribution in [3.63, 3.8) is 0 Å². The Morgan fingerprint density at radius 3 is 2.82 bits per heavy atom. The molecule has 0 amide bonds. The van der Waals surface area contributed by atoms with E-state index in [0.29, 0.717) is 17.1 Å². The number of methoxy groups -OCH3 is 1. The molecule has 6 nitrogen and oxygen atoms in total. The third kappa shape index (κ3) is 2.34. The summed E-state index contributed by atoms with van der Waals surface area (Å²) in [6, 6.07) is 7.16. The Morgan fingerprint density at radius 2 is 2.24 bits per heavy atom. The third-order valence-electron chi connectivity index (χ3n) is 2.09. The fourth-order valence-corrected chi connectivity index (χ4v) is 1.27. The molecule has 1 aromatic heterocycles. The van der Waals surface area contributed by atoms with Gasteiger partial charge in [0, 0.05) is 13.1 Å². The smallest absolute Gasteiger partial charge is 0.341 e. The van der Waals surface area contributed by atoms with Gasteiger partial charge in [0.15, 0.2) is 5.75 Å². The highest BCUT2D eigenvalue weighted by Gasteiger charge is 2.09. The van der Waals surface area contributed by atoms with E-state index >= 15 is 0 Å². The molecule has 86 valence electrons. The monoisotopic (exact) mass is 230 g/mol. The van der Waals surface area contributed by atoms with Gasteiger partial charge < -0.3 is 9.47 Å². The van der Waals surface area contributed by atoms with Crippen LogP contribution < -0.4 is 9.47 Å². The molecule has 0 spiro atoms. The lowest BCUT2D eigenvalue weighted by Crippen LogP contribution is -1.93. The van der Waals surface area contributed by atoms with Gasteiger partial charge >= 0.3 is 6.01 Å². The number of hydrogen-bond donors (Lipinski definition) is 0. The van der Waals surface area contributed by atoms with Gasteiger partial charge in [-0.1, -0.05) is 0 Å². The van der Waals surface area contributed by atoms with E-state index in [4.69, 9.17) is 14.7 Å². The molecule has 0 aliphatic heterocycles. The summed E-state index contributed by atoms with van der Waals surface area (Å²) in [5.41, 5.74) is 0.401. The molecule has 0 radical (unpaired) electrons. The lowest BCUT2D eigenvalue weighted by atomic mass is 10.2. The molecule has 0 unspecified atom stereocenters. The number of nitriles is 1. The number of benzene rings is 1. The standard InChI is InChI=1S/C11H10N4O2/c1-15-7-13-11(14-15)17-10-5-9(16-2)4-3-8(10)6-12/h3-5,7H,1-2H3. The van der Waals surface area contributed by atoms with Crippen molar-refractivity contribution in [2.45, 2.75) is 0 Å². The van der Waals surface area contributed by atoms with Crippen molar-refractivity contribution >= 4 is 0 Å². The Kier molecular flexibility index (Phi) is 2.92. The molecule has 2 rings (SSSR count). The summed E-state index contributed by atoms with van der Waals surface area (Å²) in [5.74, 6) is 0.980. The van der Waals surface area contributed by atoms with E-state index in [9.17, 15) is 0 Å². The highest BCUT2D eigenvalue weighted by atomic mass is 16.5. The Bertz CT molecular complexity index is 571. The molecule has 0 bridgehead atoms. The number of rotatable bonds is 3. The molecule has 1 aromatic carbocycles. The van der Waals surface area contributed by atoms with E-state index in [1.165, 1.54) is 11.0 Å². The van der Waals surface area contributed by atoms with Crippen molar-refractivity contribution in [1.82, 2.24) is 14.8 Å². The second kappa shape index (κ2) is 4.53. The van der Waals surface area contributed by atoms with Crippen LogP contribution in [0.3, 0.4) is 0 Å². The van der Waals surface area contributed by atoms with E-state index in [1.54, 1.807) is 32.4 Å². The van der Waals surface area contributed by atoms with Crippen molar-refractivity contribution in [3.05, 3.63) is 30.1 Å². The highest BCUT2D eigenvalue weighted by molar-refractivity contribution is 5.48. The van der Waals surface area contributed by atoms with Gasteiger partial charge in [0.1, 0.15) is 18.1 Å². The van der Waals surface area contributed by atoms with Crippen LogP contribution in [0.2, 0.25) is 0 Å². The molecule has 0 N–H and O–H groups in total. The molecule has 17 heavy (non-hydrogen) atoms. The molecule has 0 saturated heterocycles. The minimum Gasteiger partial charge on any atom is -0.497 e. The summed E-state index contributed by atoms with van der Waals surface area (Å²) in [6.45, 7) is 0. The first-order valence-corrected chi connectivity index (χ1v) is 4.84. The Hall–Kier alpha value is -2.55. The number of aromatic nitrogens is 3. The first-order valence-electron chi connectivity index (χ1n) is 4.84. The molecule has 6 heteroatoms. The van der Waals surface area contributed by atoms with Crippen molar-refractivity contribution in [3.8, 4) is 23.6 Å². The Balaban J connectivity index is 2.33. The third-order valence-corrected chi connectivity index (χ3v) is 2.09. The zero-order chi connectivity index (χ0) is 12.3. The maximum atomic E-state index is 8.95. The maximum absolute atomic E-state index is 8.95. The fraction of sp³-hybridized carbons (Fsp3) is 0.182. The summed E-state index contributed by atoms with van der Waals surface area (Å²) in [7, 11) is 3.28. The lowest BCUT2D eigenvalue weighted by Gasteiger charge is -2.05. The van der Waals surface area contributed by atoms with Gasteiger partial charge in [0.25, 0.3) is 0 Å². The van der Waals surface area contributed by atoms with Crippen LogP contribution in [0, 0.1) is 11.3 Å². The summed E-state index contributed by atoms with van der Waals surface area (Å²) < 4.78 is 12.0. The van der Waals surface area contributed by atoms with Crippen LogP contribution >= 0.6 is 0 Å². The number of ether oxygens (including phenoxy) is 2. The van der Waals surface area contributed by atoms with E-state index in [1.807, 2.05) is 6.07 Å². The largest absolute Gasteiger partial charge is 0.497 e. The van der Waals surface area contributed by atoms with Crippen molar-refractivity contribution < 1.29 is 9.47 Å². The normalized spacial score (nSPS) is 9.71. The second-order valence-corrected chi connectivity index (χ2v) is 3.28. The van der Waals surface area contributed by atoms with E-state index in [2.05, 4.69) is 10.1 Å². The average molecular weight is 230 g/mol. The summed E-state index contributed by atoms with van der Waals surface area (Å²) in [6.07, 6.45) is 1.52. The fourth-order valence-electron chi connectivity index (χ4n) is 1.27. The Morgan fingerprint density at radius 1 is 1.41 bits per heavy atom. The lowest BCUT2D eigenvalue weighted by molar-refractivity contribution is 0.403. The first-order chi connectivity index (χ1) is 8.22. The molecule has 0 saturated carbocycles. The molecular formula is C11H10N4O2. The molecule has 0 aliphatic carbocycles. The van der Waals surface area contributed by atoms with Crippen LogP contribution in [0.25, 0.3) is 0 Å². The topological polar surface area (TPSA) is 73.0 Å². The maximum Gasteiger partial charge on any atom is 0.341 e. The van der Waals surface area contributed by atoms with Gasteiger partial charge in [-0.05, 0) is 12.1 Å². The number of aryl methyl sites for hydroxylation is 1. The molecule has 0 atom stereocenters. The van der Waals surface area contributed by atoms with Crippen LogP contribution in [0.15, 0.2) is 24.5 Å². The van der Waals surface area contributed by atoms with E-state index in [0.717, 1.165) is 0 Å². The quantitative estimate of drug-likeness (QED) is 0.798. The SMILES string of the molecule is COc1ccc(C#N)c(Oc2ncn(C)n2)c1. The molecule has 0 aliphatic rings. The molecule has 1 heterocycles. The van der Waals surface area contributed by atoms with Gasteiger partial charge in [-0.15, -0.1) is 5.10 Å². The van der Waals surface area contributed by atoms with Gasteiger partial charge in [-0.3, -0.25) is 4.68 Å². The molecule has 2 aromatic rings.